The van der Waals surface area contributed by atoms with Gasteiger partial charge in [0.1, 0.15) is 5.82 Å². The molecule has 2 heterocycles. The number of halogens is 1. The molecule has 2 aromatic rings. The Bertz CT molecular complexity index is 686. The molecule has 122 valence electrons. The third kappa shape index (κ3) is 3.75. The molecule has 1 amide bonds. The zero-order valence-corrected chi connectivity index (χ0v) is 13.2. The third-order valence-electron chi connectivity index (χ3n) is 4.07. The van der Waals surface area contributed by atoms with E-state index in [-0.39, 0.29) is 17.6 Å². The highest BCUT2D eigenvalue weighted by Gasteiger charge is 2.30. The Labute approximate surface area is 134 Å². The molecular formula is C17H20FN3O2. The van der Waals surface area contributed by atoms with Crippen molar-refractivity contribution >= 4 is 5.91 Å². The summed E-state index contributed by atoms with van der Waals surface area (Å²) >= 11 is 0. The molecule has 0 radical (unpaired) electrons. The van der Waals surface area contributed by atoms with E-state index < -0.39 is 0 Å². The summed E-state index contributed by atoms with van der Waals surface area (Å²) in [5, 5.41) is 3.98. The van der Waals surface area contributed by atoms with E-state index >= 15 is 0 Å². The molecule has 0 saturated carbocycles. The van der Waals surface area contributed by atoms with Crippen molar-refractivity contribution in [2.45, 2.75) is 45.1 Å². The molecule has 0 aliphatic carbocycles. The Kier molecular flexibility index (Phi) is 4.69. The van der Waals surface area contributed by atoms with Crippen LogP contribution < -0.4 is 0 Å². The fourth-order valence-electron chi connectivity index (χ4n) is 2.88. The standard InChI is InChI=1S/C17H20FN3O2/c1-2-4-15-19-17(23-20-15)13-7-8-16(22)21(11-13)10-12-5-3-6-14(18)9-12/h3,5-6,9,13H,2,4,7-8,10-11H2,1H3/t13-/m1/s1. The van der Waals surface area contributed by atoms with Crippen LogP contribution in [0.3, 0.4) is 0 Å². The molecule has 1 aliphatic heterocycles. The van der Waals surface area contributed by atoms with Crippen LogP contribution in [0.4, 0.5) is 4.39 Å². The van der Waals surface area contributed by atoms with E-state index in [1.807, 2.05) is 6.07 Å². The topological polar surface area (TPSA) is 59.2 Å². The van der Waals surface area contributed by atoms with Gasteiger partial charge in [0, 0.05) is 25.9 Å². The Morgan fingerprint density at radius 1 is 1.43 bits per heavy atom. The summed E-state index contributed by atoms with van der Waals surface area (Å²) in [5.74, 6) is 1.17. The highest BCUT2D eigenvalue weighted by atomic mass is 19.1. The second-order valence-electron chi connectivity index (χ2n) is 5.94. The van der Waals surface area contributed by atoms with Crippen LogP contribution in [-0.4, -0.2) is 27.5 Å². The number of rotatable bonds is 5. The number of aromatic nitrogens is 2. The summed E-state index contributed by atoms with van der Waals surface area (Å²) in [4.78, 5) is 18.3. The van der Waals surface area contributed by atoms with E-state index in [9.17, 15) is 9.18 Å². The highest BCUT2D eigenvalue weighted by Crippen LogP contribution is 2.27. The summed E-state index contributed by atoms with van der Waals surface area (Å²) in [5.41, 5.74) is 0.788. The molecule has 0 unspecified atom stereocenters. The first-order valence-corrected chi connectivity index (χ1v) is 8.00. The number of carbonyl (C=O) groups excluding carboxylic acids is 1. The fraction of sp³-hybridized carbons (Fsp3) is 0.471. The summed E-state index contributed by atoms with van der Waals surface area (Å²) in [6.45, 7) is 3.00. The van der Waals surface area contributed by atoms with Crippen molar-refractivity contribution in [3.05, 3.63) is 47.4 Å². The van der Waals surface area contributed by atoms with Crippen molar-refractivity contribution in [2.24, 2.45) is 0 Å². The smallest absolute Gasteiger partial charge is 0.231 e. The van der Waals surface area contributed by atoms with Gasteiger partial charge in [-0.15, -0.1) is 0 Å². The van der Waals surface area contributed by atoms with Gasteiger partial charge in [-0.2, -0.15) is 4.98 Å². The summed E-state index contributed by atoms with van der Waals surface area (Å²) in [7, 11) is 0. The Balaban J connectivity index is 1.69. The van der Waals surface area contributed by atoms with Crippen LogP contribution in [-0.2, 0) is 17.8 Å². The largest absolute Gasteiger partial charge is 0.339 e. The Morgan fingerprint density at radius 3 is 3.09 bits per heavy atom. The second-order valence-corrected chi connectivity index (χ2v) is 5.94. The molecule has 0 spiro atoms. The molecule has 1 saturated heterocycles. The van der Waals surface area contributed by atoms with Crippen molar-refractivity contribution in [3.8, 4) is 0 Å². The van der Waals surface area contributed by atoms with E-state index in [0.717, 1.165) is 24.2 Å². The van der Waals surface area contributed by atoms with Crippen LogP contribution in [0.15, 0.2) is 28.8 Å². The van der Waals surface area contributed by atoms with E-state index in [2.05, 4.69) is 17.1 Å². The van der Waals surface area contributed by atoms with E-state index in [4.69, 9.17) is 4.52 Å². The van der Waals surface area contributed by atoms with E-state index in [1.165, 1.54) is 12.1 Å². The minimum absolute atomic E-state index is 0.0550. The van der Waals surface area contributed by atoms with Gasteiger partial charge in [-0.3, -0.25) is 4.79 Å². The van der Waals surface area contributed by atoms with Crippen molar-refractivity contribution in [2.75, 3.05) is 6.54 Å². The fourth-order valence-corrected chi connectivity index (χ4v) is 2.88. The van der Waals surface area contributed by atoms with Crippen LogP contribution >= 0.6 is 0 Å². The third-order valence-corrected chi connectivity index (χ3v) is 4.07. The van der Waals surface area contributed by atoms with Gasteiger partial charge in [-0.05, 0) is 30.5 Å². The number of hydrogen-bond donors (Lipinski definition) is 0. The maximum atomic E-state index is 13.3. The number of benzene rings is 1. The first-order chi connectivity index (χ1) is 11.2. The van der Waals surface area contributed by atoms with Crippen molar-refractivity contribution < 1.29 is 13.7 Å². The van der Waals surface area contributed by atoms with Gasteiger partial charge in [0.2, 0.25) is 11.8 Å². The van der Waals surface area contributed by atoms with Crippen molar-refractivity contribution in [3.63, 3.8) is 0 Å². The van der Waals surface area contributed by atoms with E-state index in [1.54, 1.807) is 11.0 Å². The summed E-state index contributed by atoms with van der Waals surface area (Å²) in [6.07, 6.45) is 2.92. The molecule has 1 aromatic heterocycles. The molecule has 1 atom stereocenters. The molecular weight excluding hydrogens is 297 g/mol. The average Bonchev–Trinajstić information content (AvgIpc) is 2.99. The molecule has 0 bridgehead atoms. The van der Waals surface area contributed by atoms with Crippen LogP contribution in [0.2, 0.25) is 0 Å². The summed E-state index contributed by atoms with van der Waals surface area (Å²) < 4.78 is 18.6. The maximum Gasteiger partial charge on any atom is 0.231 e. The number of nitrogens with zero attached hydrogens (tertiary/aromatic N) is 3. The number of piperidine rings is 1. The second kappa shape index (κ2) is 6.89. The van der Waals surface area contributed by atoms with Gasteiger partial charge in [-0.25, -0.2) is 4.39 Å². The minimum Gasteiger partial charge on any atom is -0.339 e. The first kappa shape index (κ1) is 15.6. The van der Waals surface area contributed by atoms with Gasteiger partial charge in [0.15, 0.2) is 5.82 Å². The normalized spacial score (nSPS) is 18.4. The maximum absolute atomic E-state index is 13.3. The zero-order chi connectivity index (χ0) is 16.2. The molecule has 1 aromatic carbocycles. The lowest BCUT2D eigenvalue weighted by atomic mass is 9.97. The SMILES string of the molecule is CCCc1noc([C@@H]2CCC(=O)N(Cc3cccc(F)c3)C2)n1. The molecule has 1 aliphatic rings. The van der Waals surface area contributed by atoms with Gasteiger partial charge in [0.25, 0.3) is 0 Å². The monoisotopic (exact) mass is 317 g/mol. The van der Waals surface area contributed by atoms with Crippen LogP contribution in [0.25, 0.3) is 0 Å². The Morgan fingerprint density at radius 2 is 2.30 bits per heavy atom. The molecule has 5 nitrogen and oxygen atoms in total. The predicted octanol–water partition coefficient (Wildman–Crippen LogP) is 3.07. The lowest BCUT2D eigenvalue weighted by Gasteiger charge is -2.31. The van der Waals surface area contributed by atoms with Crippen LogP contribution in [0, 0.1) is 5.82 Å². The van der Waals surface area contributed by atoms with E-state index in [0.29, 0.717) is 31.8 Å². The minimum atomic E-state index is -0.287. The number of hydrogen-bond acceptors (Lipinski definition) is 4. The number of likely N-dealkylation sites (tertiary alicyclic amines) is 1. The van der Waals surface area contributed by atoms with Crippen LogP contribution in [0.5, 0.6) is 0 Å². The van der Waals surface area contributed by atoms with Crippen LogP contribution in [0.1, 0.15) is 49.4 Å². The summed E-state index contributed by atoms with van der Waals surface area (Å²) in [6, 6.07) is 6.35. The predicted molar refractivity (Wildman–Crippen MR) is 82.1 cm³/mol. The lowest BCUT2D eigenvalue weighted by Crippen LogP contribution is -2.38. The van der Waals surface area contributed by atoms with Gasteiger partial charge in [0.05, 0.1) is 5.92 Å². The average molecular weight is 317 g/mol. The highest BCUT2D eigenvalue weighted by molar-refractivity contribution is 5.77. The number of aryl methyl sites for hydroxylation is 1. The molecule has 1 fully saturated rings. The van der Waals surface area contributed by atoms with Gasteiger partial charge in [-0.1, -0.05) is 24.2 Å². The van der Waals surface area contributed by atoms with Gasteiger partial charge < -0.3 is 9.42 Å². The van der Waals surface area contributed by atoms with Crippen molar-refractivity contribution in [1.82, 2.24) is 15.0 Å². The Hall–Kier alpha value is -2.24. The zero-order valence-electron chi connectivity index (χ0n) is 13.2. The van der Waals surface area contributed by atoms with Crippen molar-refractivity contribution in [1.29, 1.82) is 0 Å². The molecule has 23 heavy (non-hydrogen) atoms. The molecule has 0 N–H and O–H groups in total. The molecule has 6 heteroatoms. The van der Waals surface area contributed by atoms with Gasteiger partial charge >= 0.3 is 0 Å². The lowest BCUT2D eigenvalue weighted by molar-refractivity contribution is -0.134. The first-order valence-electron chi connectivity index (χ1n) is 8.00. The molecule has 3 rings (SSSR count). The number of amides is 1. The number of carbonyl (C=O) groups is 1. The quantitative estimate of drug-likeness (QED) is 0.850.